The Morgan fingerprint density at radius 2 is 1.52 bits per heavy atom. The van der Waals surface area contributed by atoms with Gasteiger partial charge in [-0.05, 0) is 49.3 Å². The molecule has 2 amide bonds. The zero-order chi connectivity index (χ0) is 17.6. The molecule has 134 valence electrons. The minimum absolute atomic E-state index is 0.0728. The minimum atomic E-state index is -0.0728. The van der Waals surface area contributed by atoms with Gasteiger partial charge in [0.2, 0.25) is 5.91 Å². The molecule has 3 atom stereocenters. The van der Waals surface area contributed by atoms with Crippen molar-refractivity contribution in [3.8, 4) is 0 Å². The second-order valence-electron chi connectivity index (χ2n) is 7.56. The molecule has 0 radical (unpaired) electrons. The van der Waals surface area contributed by atoms with Crippen LogP contribution >= 0.6 is 23.2 Å². The molecule has 2 aliphatic carbocycles. The first kappa shape index (κ1) is 17.2. The number of hydrogen-bond donors (Lipinski definition) is 0. The summed E-state index contributed by atoms with van der Waals surface area (Å²) in [4.78, 5) is 29.2. The van der Waals surface area contributed by atoms with Gasteiger partial charge in [-0.25, -0.2) is 0 Å². The van der Waals surface area contributed by atoms with Crippen molar-refractivity contribution in [2.45, 2.75) is 25.7 Å². The van der Waals surface area contributed by atoms with E-state index >= 15 is 0 Å². The third kappa shape index (κ3) is 3.39. The Bertz CT molecular complexity index is 680. The van der Waals surface area contributed by atoms with Gasteiger partial charge in [-0.1, -0.05) is 29.6 Å². The van der Waals surface area contributed by atoms with E-state index < -0.39 is 0 Å². The van der Waals surface area contributed by atoms with E-state index in [2.05, 4.69) is 0 Å². The molecule has 3 aliphatic rings. The van der Waals surface area contributed by atoms with E-state index in [0.29, 0.717) is 53.6 Å². The fourth-order valence-corrected chi connectivity index (χ4v) is 5.30. The zero-order valence-corrected chi connectivity index (χ0v) is 15.6. The highest BCUT2D eigenvalue weighted by Crippen LogP contribution is 2.48. The van der Waals surface area contributed by atoms with Crippen LogP contribution in [0.3, 0.4) is 0 Å². The quantitative estimate of drug-likeness (QED) is 0.784. The van der Waals surface area contributed by atoms with Gasteiger partial charge < -0.3 is 9.80 Å². The Labute approximate surface area is 158 Å². The predicted octanol–water partition coefficient (Wildman–Crippen LogP) is 3.71. The highest BCUT2D eigenvalue weighted by molar-refractivity contribution is 6.35. The van der Waals surface area contributed by atoms with Crippen molar-refractivity contribution in [2.75, 3.05) is 26.2 Å². The topological polar surface area (TPSA) is 40.6 Å². The second-order valence-corrected chi connectivity index (χ2v) is 8.43. The van der Waals surface area contributed by atoms with Crippen molar-refractivity contribution < 1.29 is 9.59 Å². The third-order valence-corrected chi connectivity index (χ3v) is 6.48. The van der Waals surface area contributed by atoms with E-state index in [1.807, 2.05) is 4.90 Å². The first-order chi connectivity index (χ1) is 12.0. The number of benzene rings is 1. The van der Waals surface area contributed by atoms with E-state index in [-0.39, 0.29) is 11.8 Å². The van der Waals surface area contributed by atoms with E-state index in [1.54, 1.807) is 23.1 Å². The normalized spacial score (nSPS) is 28.5. The predicted molar refractivity (Wildman–Crippen MR) is 97.9 cm³/mol. The minimum Gasteiger partial charge on any atom is -0.339 e. The molecular weight excluding hydrogens is 359 g/mol. The monoisotopic (exact) mass is 380 g/mol. The largest absolute Gasteiger partial charge is 0.339 e. The summed E-state index contributed by atoms with van der Waals surface area (Å²) < 4.78 is 0. The Morgan fingerprint density at radius 1 is 0.880 bits per heavy atom. The van der Waals surface area contributed by atoms with E-state index in [0.717, 1.165) is 12.3 Å². The van der Waals surface area contributed by atoms with Crippen molar-refractivity contribution in [3.63, 3.8) is 0 Å². The van der Waals surface area contributed by atoms with Crippen molar-refractivity contribution in [1.29, 1.82) is 0 Å². The van der Waals surface area contributed by atoms with Crippen LogP contribution in [0.15, 0.2) is 18.2 Å². The van der Waals surface area contributed by atoms with E-state index in [4.69, 9.17) is 23.2 Å². The molecule has 6 heteroatoms. The maximum Gasteiger partial charge on any atom is 0.254 e. The molecule has 4 rings (SSSR count). The van der Waals surface area contributed by atoms with Gasteiger partial charge in [0.05, 0.1) is 0 Å². The molecule has 0 aromatic heterocycles. The summed E-state index contributed by atoms with van der Waals surface area (Å²) in [6, 6.07) is 4.90. The van der Waals surface area contributed by atoms with Crippen molar-refractivity contribution in [3.05, 3.63) is 33.8 Å². The summed E-state index contributed by atoms with van der Waals surface area (Å²) in [6.45, 7) is 2.37. The highest BCUT2D eigenvalue weighted by atomic mass is 35.5. The lowest BCUT2D eigenvalue weighted by atomic mass is 9.87. The van der Waals surface area contributed by atoms with Crippen molar-refractivity contribution in [2.24, 2.45) is 17.8 Å². The van der Waals surface area contributed by atoms with Crippen LogP contribution in [0.2, 0.25) is 10.0 Å². The summed E-state index contributed by atoms with van der Waals surface area (Å²) in [5, 5.41) is 0.918. The second kappa shape index (κ2) is 6.81. The van der Waals surface area contributed by atoms with Gasteiger partial charge in [0.1, 0.15) is 0 Å². The van der Waals surface area contributed by atoms with E-state index in [9.17, 15) is 9.59 Å². The molecule has 3 fully saturated rings. The van der Waals surface area contributed by atoms with Gasteiger partial charge in [-0.2, -0.15) is 0 Å². The number of piperazine rings is 1. The number of nitrogens with zero attached hydrogens (tertiary/aromatic N) is 2. The van der Waals surface area contributed by atoms with Crippen molar-refractivity contribution in [1.82, 2.24) is 9.80 Å². The van der Waals surface area contributed by atoms with Gasteiger partial charge in [0.15, 0.2) is 0 Å². The van der Waals surface area contributed by atoms with Crippen LogP contribution in [-0.2, 0) is 4.79 Å². The molecule has 2 bridgehead atoms. The first-order valence-electron chi connectivity index (χ1n) is 9.05. The molecule has 1 aromatic carbocycles. The molecule has 2 saturated carbocycles. The lowest BCUT2D eigenvalue weighted by Gasteiger charge is -2.37. The number of halogens is 2. The Balaban J connectivity index is 1.36. The molecule has 0 N–H and O–H groups in total. The van der Waals surface area contributed by atoms with Gasteiger partial charge in [-0.3, -0.25) is 9.59 Å². The van der Waals surface area contributed by atoms with Crippen LogP contribution < -0.4 is 0 Å². The number of hydrogen-bond acceptors (Lipinski definition) is 2. The molecule has 1 saturated heterocycles. The Kier molecular flexibility index (Phi) is 4.67. The molecule has 0 unspecified atom stereocenters. The number of amides is 2. The SMILES string of the molecule is O=C(c1cc(Cl)cc(Cl)c1)N1CCN(C(=O)[C@H]2C[C@H]3CC[C@@H]2C3)CC1. The lowest BCUT2D eigenvalue weighted by Crippen LogP contribution is -2.52. The molecular formula is C19H22Cl2N2O2. The van der Waals surface area contributed by atoms with Gasteiger partial charge in [0.25, 0.3) is 5.91 Å². The van der Waals surface area contributed by atoms with Gasteiger partial charge >= 0.3 is 0 Å². The molecule has 4 nitrogen and oxygen atoms in total. The summed E-state index contributed by atoms with van der Waals surface area (Å²) in [5.74, 6) is 1.84. The molecule has 1 heterocycles. The maximum absolute atomic E-state index is 12.8. The zero-order valence-electron chi connectivity index (χ0n) is 14.1. The smallest absolute Gasteiger partial charge is 0.254 e. The summed E-state index contributed by atoms with van der Waals surface area (Å²) in [6.07, 6.45) is 4.84. The molecule has 1 aromatic rings. The fraction of sp³-hybridized carbons (Fsp3) is 0.579. The summed E-state index contributed by atoms with van der Waals surface area (Å²) in [5.41, 5.74) is 0.505. The summed E-state index contributed by atoms with van der Waals surface area (Å²) in [7, 11) is 0. The van der Waals surface area contributed by atoms with Gasteiger partial charge in [0, 0.05) is 47.7 Å². The van der Waals surface area contributed by atoms with Crippen molar-refractivity contribution >= 4 is 35.0 Å². The average molecular weight is 381 g/mol. The van der Waals surface area contributed by atoms with Crippen LogP contribution in [-0.4, -0.2) is 47.8 Å². The first-order valence-corrected chi connectivity index (χ1v) is 9.81. The Morgan fingerprint density at radius 3 is 2.08 bits per heavy atom. The fourth-order valence-electron chi connectivity index (χ4n) is 4.77. The number of carbonyl (C=O) groups is 2. The lowest BCUT2D eigenvalue weighted by molar-refractivity contribution is -0.138. The Hall–Kier alpha value is -1.26. The highest BCUT2D eigenvalue weighted by Gasteiger charge is 2.44. The molecule has 25 heavy (non-hydrogen) atoms. The average Bonchev–Trinajstić information content (AvgIpc) is 3.23. The van der Waals surface area contributed by atoms with Crippen LogP contribution in [0, 0.1) is 17.8 Å². The number of fused-ring (bicyclic) bond motifs is 2. The van der Waals surface area contributed by atoms with E-state index in [1.165, 1.54) is 19.3 Å². The molecule has 1 aliphatic heterocycles. The number of carbonyl (C=O) groups excluding carboxylic acids is 2. The standard InChI is InChI=1S/C19H22Cl2N2O2/c20-15-9-14(10-16(21)11-15)18(24)22-3-5-23(6-4-22)19(25)17-8-12-1-2-13(17)7-12/h9-13,17H,1-8H2/t12-,13+,17-/m0/s1. The third-order valence-electron chi connectivity index (χ3n) is 6.04. The van der Waals surface area contributed by atoms with Crippen LogP contribution in [0.25, 0.3) is 0 Å². The molecule has 0 spiro atoms. The van der Waals surface area contributed by atoms with Gasteiger partial charge in [-0.15, -0.1) is 0 Å². The summed E-state index contributed by atoms with van der Waals surface area (Å²) >= 11 is 12.0. The number of rotatable bonds is 2. The van der Waals surface area contributed by atoms with Crippen LogP contribution in [0.1, 0.15) is 36.0 Å². The van der Waals surface area contributed by atoms with Crippen LogP contribution in [0.4, 0.5) is 0 Å². The maximum atomic E-state index is 12.8. The van der Waals surface area contributed by atoms with Crippen LogP contribution in [0.5, 0.6) is 0 Å².